The van der Waals surface area contributed by atoms with Gasteiger partial charge in [-0.15, -0.1) is 0 Å². The second-order valence-electron chi connectivity index (χ2n) is 7.18. The first-order valence-corrected chi connectivity index (χ1v) is 8.63. The van der Waals surface area contributed by atoms with Crippen molar-refractivity contribution in [2.75, 3.05) is 11.9 Å². The first-order chi connectivity index (χ1) is 11.4. The minimum atomic E-state index is 0.0496. The Morgan fingerprint density at radius 2 is 1.58 bits per heavy atom. The molecule has 2 aromatic rings. The molecule has 1 N–H and O–H groups in total. The smallest absolute Gasteiger partial charge is 0.238 e. The Kier molecular flexibility index (Phi) is 4.72. The predicted octanol–water partition coefficient (Wildman–Crippen LogP) is 4.38. The molecule has 0 fully saturated rings. The van der Waals surface area contributed by atoms with Crippen molar-refractivity contribution >= 4 is 11.6 Å². The number of amides is 1. The number of carbonyl (C=O) groups is 1. The molecule has 0 aromatic heterocycles. The lowest BCUT2D eigenvalue weighted by molar-refractivity contribution is -0.117. The molecule has 0 saturated heterocycles. The third-order valence-corrected chi connectivity index (χ3v) is 4.83. The number of benzene rings is 2. The molecule has 1 aliphatic heterocycles. The van der Waals surface area contributed by atoms with Gasteiger partial charge < -0.3 is 5.32 Å². The summed E-state index contributed by atoms with van der Waals surface area (Å²) in [4.78, 5) is 14.5. The van der Waals surface area contributed by atoms with Gasteiger partial charge in [0.1, 0.15) is 0 Å². The standard InChI is InChI=1S/C21H26N2O/c1-14(2)17-5-7-20(8-6-17)22-21(24)13-23-11-18-9-15(3)16(4)10-19(18)12-23/h5-10,14H,11-13H2,1-4H3,(H,22,24). The highest BCUT2D eigenvalue weighted by Crippen LogP contribution is 2.25. The highest BCUT2D eigenvalue weighted by molar-refractivity contribution is 5.92. The lowest BCUT2D eigenvalue weighted by Crippen LogP contribution is -2.29. The molecule has 0 radical (unpaired) electrons. The van der Waals surface area contributed by atoms with E-state index in [0.717, 1.165) is 18.8 Å². The molecule has 24 heavy (non-hydrogen) atoms. The number of nitrogens with one attached hydrogen (secondary N) is 1. The summed E-state index contributed by atoms with van der Waals surface area (Å²) in [5.41, 5.74) is 7.51. The molecule has 1 aliphatic rings. The Bertz CT molecular complexity index is 716. The van der Waals surface area contributed by atoms with Crippen LogP contribution in [0.1, 0.15) is 47.6 Å². The van der Waals surface area contributed by atoms with Gasteiger partial charge in [0.05, 0.1) is 6.54 Å². The topological polar surface area (TPSA) is 32.3 Å². The van der Waals surface area contributed by atoms with Crippen molar-refractivity contribution in [1.29, 1.82) is 0 Å². The molecule has 0 aliphatic carbocycles. The van der Waals surface area contributed by atoms with E-state index in [1.165, 1.54) is 27.8 Å². The van der Waals surface area contributed by atoms with Gasteiger partial charge in [-0.3, -0.25) is 9.69 Å². The Hall–Kier alpha value is -2.13. The molecule has 0 bridgehead atoms. The van der Waals surface area contributed by atoms with Crippen LogP contribution < -0.4 is 5.32 Å². The van der Waals surface area contributed by atoms with E-state index in [-0.39, 0.29) is 5.91 Å². The maximum Gasteiger partial charge on any atom is 0.238 e. The zero-order chi connectivity index (χ0) is 17.3. The normalized spacial score (nSPS) is 14.0. The summed E-state index contributed by atoms with van der Waals surface area (Å²) < 4.78 is 0. The van der Waals surface area contributed by atoms with Crippen LogP contribution in [0.3, 0.4) is 0 Å². The summed E-state index contributed by atoms with van der Waals surface area (Å²) in [5, 5.41) is 3.00. The van der Waals surface area contributed by atoms with Crippen LogP contribution in [0.5, 0.6) is 0 Å². The number of anilines is 1. The van der Waals surface area contributed by atoms with E-state index in [2.05, 4.69) is 62.2 Å². The van der Waals surface area contributed by atoms with Crippen molar-refractivity contribution < 1.29 is 4.79 Å². The second-order valence-corrected chi connectivity index (χ2v) is 7.18. The van der Waals surface area contributed by atoms with Crippen LogP contribution in [0.4, 0.5) is 5.69 Å². The molecule has 3 nitrogen and oxygen atoms in total. The van der Waals surface area contributed by atoms with Crippen LogP contribution in [0.2, 0.25) is 0 Å². The first kappa shape index (κ1) is 16.7. The Labute approximate surface area is 144 Å². The van der Waals surface area contributed by atoms with E-state index in [0.29, 0.717) is 12.5 Å². The van der Waals surface area contributed by atoms with E-state index < -0.39 is 0 Å². The average molecular weight is 322 g/mol. The highest BCUT2D eigenvalue weighted by atomic mass is 16.2. The van der Waals surface area contributed by atoms with Crippen molar-refractivity contribution in [2.45, 2.75) is 46.7 Å². The van der Waals surface area contributed by atoms with Crippen LogP contribution in [0.15, 0.2) is 36.4 Å². The van der Waals surface area contributed by atoms with Crippen LogP contribution in [0, 0.1) is 13.8 Å². The molecule has 0 saturated carbocycles. The van der Waals surface area contributed by atoms with Gasteiger partial charge in [0, 0.05) is 18.8 Å². The number of hydrogen-bond acceptors (Lipinski definition) is 2. The van der Waals surface area contributed by atoms with Crippen molar-refractivity contribution in [2.24, 2.45) is 0 Å². The van der Waals surface area contributed by atoms with Gasteiger partial charge in [0.25, 0.3) is 0 Å². The van der Waals surface area contributed by atoms with Gasteiger partial charge in [0.2, 0.25) is 5.91 Å². The molecule has 0 spiro atoms. The molecular formula is C21H26N2O. The van der Waals surface area contributed by atoms with Crippen LogP contribution in [-0.2, 0) is 17.9 Å². The quantitative estimate of drug-likeness (QED) is 0.906. The molecule has 0 unspecified atom stereocenters. The minimum Gasteiger partial charge on any atom is -0.325 e. The minimum absolute atomic E-state index is 0.0496. The van der Waals surface area contributed by atoms with Crippen LogP contribution in [0.25, 0.3) is 0 Å². The van der Waals surface area contributed by atoms with E-state index in [1.54, 1.807) is 0 Å². The Morgan fingerprint density at radius 3 is 2.08 bits per heavy atom. The SMILES string of the molecule is Cc1cc2c(cc1C)CN(CC(=O)Nc1ccc(C(C)C)cc1)C2. The lowest BCUT2D eigenvalue weighted by atomic mass is 10.0. The van der Waals surface area contributed by atoms with Gasteiger partial charge in [-0.25, -0.2) is 0 Å². The van der Waals surface area contributed by atoms with E-state index >= 15 is 0 Å². The summed E-state index contributed by atoms with van der Waals surface area (Å²) >= 11 is 0. The van der Waals surface area contributed by atoms with Crippen LogP contribution in [-0.4, -0.2) is 17.4 Å². The molecule has 0 atom stereocenters. The molecular weight excluding hydrogens is 296 g/mol. The maximum absolute atomic E-state index is 12.3. The van der Waals surface area contributed by atoms with E-state index in [9.17, 15) is 4.79 Å². The molecule has 3 heteroatoms. The fraction of sp³-hybridized carbons (Fsp3) is 0.381. The highest BCUT2D eigenvalue weighted by Gasteiger charge is 2.21. The maximum atomic E-state index is 12.3. The number of rotatable bonds is 4. The third-order valence-electron chi connectivity index (χ3n) is 4.83. The van der Waals surface area contributed by atoms with E-state index in [1.807, 2.05) is 12.1 Å². The van der Waals surface area contributed by atoms with Gasteiger partial charge in [-0.1, -0.05) is 38.1 Å². The van der Waals surface area contributed by atoms with Crippen molar-refractivity contribution in [1.82, 2.24) is 4.90 Å². The molecule has 1 amide bonds. The number of fused-ring (bicyclic) bond motifs is 1. The fourth-order valence-corrected chi connectivity index (χ4v) is 3.23. The summed E-state index contributed by atoms with van der Waals surface area (Å²) in [5.74, 6) is 0.554. The molecule has 126 valence electrons. The van der Waals surface area contributed by atoms with Crippen molar-refractivity contribution in [3.8, 4) is 0 Å². The number of carbonyl (C=O) groups excluding carboxylic acids is 1. The van der Waals surface area contributed by atoms with Gasteiger partial charge >= 0.3 is 0 Å². The molecule has 2 aromatic carbocycles. The molecule has 1 heterocycles. The summed E-state index contributed by atoms with van der Waals surface area (Å²) in [6, 6.07) is 12.6. The zero-order valence-corrected chi connectivity index (χ0v) is 15.0. The predicted molar refractivity (Wildman–Crippen MR) is 99.2 cm³/mol. The second kappa shape index (κ2) is 6.78. The Balaban J connectivity index is 1.58. The number of nitrogens with zero attached hydrogens (tertiary/aromatic N) is 1. The van der Waals surface area contributed by atoms with Crippen molar-refractivity contribution in [3.63, 3.8) is 0 Å². The number of aryl methyl sites for hydroxylation is 2. The zero-order valence-electron chi connectivity index (χ0n) is 15.0. The van der Waals surface area contributed by atoms with Crippen molar-refractivity contribution in [3.05, 3.63) is 64.2 Å². The largest absolute Gasteiger partial charge is 0.325 e. The molecule has 3 rings (SSSR count). The van der Waals surface area contributed by atoms with E-state index in [4.69, 9.17) is 0 Å². The summed E-state index contributed by atoms with van der Waals surface area (Å²) in [6.45, 7) is 10.8. The monoisotopic (exact) mass is 322 g/mol. The summed E-state index contributed by atoms with van der Waals surface area (Å²) in [7, 11) is 0. The van der Waals surface area contributed by atoms with Gasteiger partial charge in [0.15, 0.2) is 0 Å². The Morgan fingerprint density at radius 1 is 1.04 bits per heavy atom. The van der Waals surface area contributed by atoms with Gasteiger partial charge in [-0.2, -0.15) is 0 Å². The third kappa shape index (κ3) is 3.68. The van der Waals surface area contributed by atoms with Gasteiger partial charge in [-0.05, 0) is 59.7 Å². The number of hydrogen-bond donors (Lipinski definition) is 1. The lowest BCUT2D eigenvalue weighted by Gasteiger charge is -2.15. The summed E-state index contributed by atoms with van der Waals surface area (Å²) in [6.07, 6.45) is 0. The fourth-order valence-electron chi connectivity index (χ4n) is 3.23. The van der Waals surface area contributed by atoms with Crippen LogP contribution >= 0.6 is 0 Å². The first-order valence-electron chi connectivity index (χ1n) is 8.63. The average Bonchev–Trinajstić information content (AvgIpc) is 2.89.